The fourth-order valence-electron chi connectivity index (χ4n) is 5.22. The molecule has 2 fully saturated rings. The summed E-state index contributed by atoms with van der Waals surface area (Å²) in [4.78, 5) is 27.8. The molecule has 4 N–H and O–H groups in total. The maximum absolute atomic E-state index is 13.1. The van der Waals surface area contributed by atoms with Gasteiger partial charge in [0, 0.05) is 47.5 Å². The molecule has 7 heteroatoms. The topological polar surface area (TPSA) is 87.5 Å². The Bertz CT molecular complexity index is 807. The highest BCUT2D eigenvalue weighted by molar-refractivity contribution is 6.31. The first-order valence-corrected chi connectivity index (χ1v) is 12.0. The summed E-state index contributed by atoms with van der Waals surface area (Å²) in [5.41, 5.74) is 8.61. The Morgan fingerprint density at radius 1 is 1.26 bits per heavy atom. The quantitative estimate of drug-likeness (QED) is 0.620. The molecule has 1 aromatic carbocycles. The van der Waals surface area contributed by atoms with Crippen LogP contribution in [0.3, 0.4) is 0 Å². The van der Waals surface area contributed by atoms with Crippen LogP contribution in [0.1, 0.15) is 68.8 Å². The SMILES string of the molecule is CCN(c1cc(Cl)cc(C(=O)NCC2C(=O)NC(C)CC2C)c1C)C1CCC(N)CC1. The van der Waals surface area contributed by atoms with Crippen molar-refractivity contribution >= 4 is 29.1 Å². The predicted molar refractivity (Wildman–Crippen MR) is 127 cm³/mol. The van der Waals surface area contributed by atoms with Crippen molar-refractivity contribution in [1.82, 2.24) is 10.6 Å². The second-order valence-corrected chi connectivity index (χ2v) is 9.83. The van der Waals surface area contributed by atoms with Crippen LogP contribution >= 0.6 is 11.6 Å². The minimum Gasteiger partial charge on any atom is -0.369 e. The maximum atomic E-state index is 13.1. The molecule has 6 nitrogen and oxygen atoms in total. The summed E-state index contributed by atoms with van der Waals surface area (Å²) in [7, 11) is 0. The van der Waals surface area contributed by atoms with Crippen LogP contribution in [0.25, 0.3) is 0 Å². The molecular weight excluding hydrogens is 412 g/mol. The van der Waals surface area contributed by atoms with Crippen LogP contribution in [0.4, 0.5) is 5.69 Å². The summed E-state index contributed by atoms with van der Waals surface area (Å²) in [6.07, 6.45) is 5.07. The zero-order valence-electron chi connectivity index (χ0n) is 19.2. The number of nitrogens with two attached hydrogens (primary N) is 1. The molecule has 1 saturated heterocycles. The molecule has 2 aliphatic rings. The number of amides is 2. The summed E-state index contributed by atoms with van der Waals surface area (Å²) in [5.74, 6) is -0.143. The number of piperidine rings is 1. The van der Waals surface area contributed by atoms with Crippen LogP contribution in [0.2, 0.25) is 5.02 Å². The third kappa shape index (κ3) is 5.53. The van der Waals surface area contributed by atoms with Gasteiger partial charge in [-0.25, -0.2) is 0 Å². The van der Waals surface area contributed by atoms with Gasteiger partial charge in [-0.1, -0.05) is 18.5 Å². The van der Waals surface area contributed by atoms with E-state index >= 15 is 0 Å². The van der Waals surface area contributed by atoms with Crippen molar-refractivity contribution < 1.29 is 9.59 Å². The van der Waals surface area contributed by atoms with E-state index in [0.717, 1.165) is 49.9 Å². The summed E-state index contributed by atoms with van der Waals surface area (Å²) in [6.45, 7) is 9.38. The van der Waals surface area contributed by atoms with E-state index in [2.05, 4.69) is 29.4 Å². The summed E-state index contributed by atoms with van der Waals surface area (Å²) >= 11 is 6.45. The van der Waals surface area contributed by atoms with Gasteiger partial charge >= 0.3 is 0 Å². The number of halogens is 1. The highest BCUT2D eigenvalue weighted by Gasteiger charge is 2.32. The average molecular weight is 449 g/mol. The molecule has 0 spiro atoms. The highest BCUT2D eigenvalue weighted by atomic mass is 35.5. The Labute approximate surface area is 191 Å². The summed E-state index contributed by atoms with van der Waals surface area (Å²) < 4.78 is 0. The molecule has 31 heavy (non-hydrogen) atoms. The van der Waals surface area contributed by atoms with Gasteiger partial charge in [0.1, 0.15) is 0 Å². The molecule has 1 heterocycles. The van der Waals surface area contributed by atoms with Crippen molar-refractivity contribution in [3.63, 3.8) is 0 Å². The van der Waals surface area contributed by atoms with E-state index in [1.807, 2.05) is 19.9 Å². The van der Waals surface area contributed by atoms with Gasteiger partial charge in [-0.15, -0.1) is 0 Å². The van der Waals surface area contributed by atoms with Crippen molar-refractivity contribution in [2.24, 2.45) is 17.6 Å². The molecule has 1 aromatic rings. The number of anilines is 1. The Hall–Kier alpha value is -1.79. The minimum absolute atomic E-state index is 0.0164. The third-order valence-corrected chi connectivity index (χ3v) is 7.26. The van der Waals surface area contributed by atoms with Crippen LogP contribution in [0.5, 0.6) is 0 Å². The molecule has 1 aliphatic heterocycles. The van der Waals surface area contributed by atoms with E-state index in [1.54, 1.807) is 6.07 Å². The fraction of sp³-hybridized carbons (Fsp3) is 0.667. The molecule has 1 saturated carbocycles. The van der Waals surface area contributed by atoms with Crippen molar-refractivity contribution in [1.29, 1.82) is 0 Å². The first-order chi connectivity index (χ1) is 14.7. The number of hydrogen-bond donors (Lipinski definition) is 3. The lowest BCUT2D eigenvalue weighted by Gasteiger charge is -2.38. The Kier molecular flexibility index (Phi) is 7.87. The van der Waals surface area contributed by atoms with Crippen LogP contribution in [0.15, 0.2) is 12.1 Å². The number of nitrogens with zero attached hydrogens (tertiary/aromatic N) is 1. The zero-order valence-corrected chi connectivity index (χ0v) is 20.0. The molecule has 2 amide bonds. The first kappa shape index (κ1) is 23.9. The molecule has 3 unspecified atom stereocenters. The molecule has 1 aliphatic carbocycles. The number of benzene rings is 1. The standard InChI is InChI=1S/C24H37ClN4O2/c1-5-29(19-8-6-18(26)7-9-19)22-12-17(25)11-20(16(22)4)23(30)27-13-21-14(2)10-15(3)28-24(21)31/h11-12,14-15,18-19,21H,5-10,13,26H2,1-4H3,(H,27,30)(H,28,31). The van der Waals surface area contributed by atoms with E-state index in [-0.39, 0.29) is 29.7 Å². The number of rotatable bonds is 6. The molecule has 172 valence electrons. The van der Waals surface area contributed by atoms with Crippen LogP contribution in [-0.2, 0) is 4.79 Å². The van der Waals surface area contributed by atoms with Gasteiger partial charge < -0.3 is 21.3 Å². The summed E-state index contributed by atoms with van der Waals surface area (Å²) in [6, 6.07) is 4.57. The number of carbonyl (C=O) groups is 2. The van der Waals surface area contributed by atoms with Gasteiger partial charge in [0.25, 0.3) is 5.91 Å². The van der Waals surface area contributed by atoms with E-state index in [9.17, 15) is 9.59 Å². The molecule has 0 radical (unpaired) electrons. The van der Waals surface area contributed by atoms with Gasteiger partial charge in [-0.3, -0.25) is 9.59 Å². The van der Waals surface area contributed by atoms with Crippen LogP contribution in [0, 0.1) is 18.8 Å². The van der Waals surface area contributed by atoms with Gasteiger partial charge in [0.2, 0.25) is 5.91 Å². The maximum Gasteiger partial charge on any atom is 0.251 e. The Balaban J connectivity index is 1.76. The van der Waals surface area contributed by atoms with Gasteiger partial charge in [-0.05, 0) is 76.5 Å². The molecule has 3 rings (SSSR count). The molecule has 3 atom stereocenters. The number of nitrogens with one attached hydrogen (secondary N) is 2. The smallest absolute Gasteiger partial charge is 0.251 e. The average Bonchev–Trinajstić information content (AvgIpc) is 2.71. The van der Waals surface area contributed by atoms with Gasteiger partial charge in [0.05, 0.1) is 5.92 Å². The third-order valence-electron chi connectivity index (χ3n) is 7.04. The second-order valence-electron chi connectivity index (χ2n) is 9.39. The van der Waals surface area contributed by atoms with E-state index in [4.69, 9.17) is 17.3 Å². The molecular formula is C24H37ClN4O2. The minimum atomic E-state index is -0.210. The Morgan fingerprint density at radius 2 is 1.94 bits per heavy atom. The van der Waals surface area contributed by atoms with E-state index in [1.165, 1.54) is 0 Å². The van der Waals surface area contributed by atoms with Crippen molar-refractivity contribution in [3.8, 4) is 0 Å². The largest absolute Gasteiger partial charge is 0.369 e. The lowest BCUT2D eigenvalue weighted by atomic mass is 9.84. The Morgan fingerprint density at radius 3 is 2.55 bits per heavy atom. The number of carbonyl (C=O) groups excluding carboxylic acids is 2. The lowest BCUT2D eigenvalue weighted by molar-refractivity contribution is -0.129. The lowest BCUT2D eigenvalue weighted by Crippen LogP contribution is -2.50. The number of hydrogen-bond acceptors (Lipinski definition) is 4. The molecule has 0 bridgehead atoms. The zero-order chi connectivity index (χ0) is 22.7. The van der Waals surface area contributed by atoms with Crippen molar-refractivity contribution in [3.05, 3.63) is 28.3 Å². The second kappa shape index (κ2) is 10.2. The monoisotopic (exact) mass is 448 g/mol. The van der Waals surface area contributed by atoms with E-state index in [0.29, 0.717) is 29.2 Å². The fourth-order valence-corrected chi connectivity index (χ4v) is 5.43. The first-order valence-electron chi connectivity index (χ1n) is 11.6. The van der Waals surface area contributed by atoms with Crippen molar-refractivity contribution in [2.45, 2.75) is 77.9 Å². The summed E-state index contributed by atoms with van der Waals surface area (Å²) in [5, 5.41) is 6.53. The predicted octanol–water partition coefficient (Wildman–Crippen LogP) is 3.64. The molecule has 0 aromatic heterocycles. The van der Waals surface area contributed by atoms with Gasteiger partial charge in [-0.2, -0.15) is 0 Å². The van der Waals surface area contributed by atoms with Crippen LogP contribution in [-0.4, -0.2) is 43.0 Å². The van der Waals surface area contributed by atoms with Gasteiger partial charge in [0.15, 0.2) is 0 Å². The normalized spacial score (nSPS) is 28.7. The van der Waals surface area contributed by atoms with Crippen LogP contribution < -0.4 is 21.3 Å². The van der Waals surface area contributed by atoms with Crippen molar-refractivity contribution in [2.75, 3.05) is 18.0 Å². The van der Waals surface area contributed by atoms with E-state index < -0.39 is 0 Å². The highest BCUT2D eigenvalue weighted by Crippen LogP contribution is 2.33.